The molecule has 2 aromatic heterocycles. The normalized spacial score (nSPS) is 11.1. The third-order valence-corrected chi connectivity index (χ3v) is 5.14. The molecule has 1 amide bonds. The largest absolute Gasteiger partial charge is 0.420 e. The van der Waals surface area contributed by atoms with Gasteiger partial charge in [-0.3, -0.25) is 9.36 Å². The zero-order valence-electron chi connectivity index (χ0n) is 15.6. The Morgan fingerprint density at radius 3 is 2.76 bits per heavy atom. The van der Waals surface area contributed by atoms with E-state index >= 15 is 0 Å². The highest BCUT2D eigenvalue weighted by Crippen LogP contribution is 2.15. The predicted molar refractivity (Wildman–Crippen MR) is 108 cm³/mol. The number of aromatic nitrogens is 3. The summed E-state index contributed by atoms with van der Waals surface area (Å²) in [5, 5.41) is 6.56. The number of hydrogen-bond acceptors (Lipinski definition) is 7. The summed E-state index contributed by atoms with van der Waals surface area (Å²) in [5.41, 5.74) is 2.23. The van der Waals surface area contributed by atoms with Crippen molar-refractivity contribution in [2.75, 3.05) is 12.8 Å². The van der Waals surface area contributed by atoms with Crippen LogP contribution in [0.4, 0.5) is 0 Å². The summed E-state index contributed by atoms with van der Waals surface area (Å²) < 4.78 is 11.6. The molecule has 0 fully saturated rings. The predicted octanol–water partition coefficient (Wildman–Crippen LogP) is 2.72. The third-order valence-electron chi connectivity index (χ3n) is 4.39. The summed E-state index contributed by atoms with van der Waals surface area (Å²) in [5.74, 6) is -0.890. The van der Waals surface area contributed by atoms with Crippen LogP contribution in [0.2, 0.25) is 0 Å². The molecule has 4 aromatic rings. The molecular formula is C20H18N4O4S. The fraction of sp³-hybridized carbons (Fsp3) is 0.200. The lowest BCUT2D eigenvalue weighted by molar-refractivity contribution is 0.0910. The Labute approximate surface area is 169 Å². The number of amides is 1. The van der Waals surface area contributed by atoms with Crippen LogP contribution in [0.15, 0.2) is 67.2 Å². The summed E-state index contributed by atoms with van der Waals surface area (Å²) in [7, 11) is 0. The van der Waals surface area contributed by atoms with Crippen LogP contribution in [-0.2, 0) is 13.0 Å². The van der Waals surface area contributed by atoms with Gasteiger partial charge in [-0.1, -0.05) is 29.4 Å². The van der Waals surface area contributed by atoms with Crippen molar-refractivity contribution in [2.45, 2.75) is 17.9 Å². The van der Waals surface area contributed by atoms with Gasteiger partial charge in [-0.25, -0.2) is 4.79 Å². The monoisotopic (exact) mass is 410 g/mol. The van der Waals surface area contributed by atoms with E-state index in [-0.39, 0.29) is 18.3 Å². The number of rotatable bonds is 7. The maximum absolute atomic E-state index is 12.2. The van der Waals surface area contributed by atoms with Gasteiger partial charge < -0.3 is 14.3 Å². The zero-order chi connectivity index (χ0) is 20.2. The molecule has 0 radical (unpaired) electrons. The van der Waals surface area contributed by atoms with Crippen LogP contribution in [0.5, 0.6) is 0 Å². The topological polar surface area (TPSA) is 103 Å². The van der Waals surface area contributed by atoms with E-state index in [4.69, 9.17) is 8.94 Å². The van der Waals surface area contributed by atoms with Gasteiger partial charge in [0.25, 0.3) is 0 Å². The second-order valence-electron chi connectivity index (χ2n) is 6.29. The first kappa shape index (κ1) is 19.0. The number of benzene rings is 2. The maximum Gasteiger partial charge on any atom is 0.420 e. The summed E-state index contributed by atoms with van der Waals surface area (Å²) >= 11 is 1.68. The second-order valence-corrected chi connectivity index (χ2v) is 7.17. The number of para-hydroxylation sites is 2. The number of carbonyl (C=O) groups is 1. The van der Waals surface area contributed by atoms with E-state index in [1.165, 1.54) is 9.46 Å². The fourth-order valence-electron chi connectivity index (χ4n) is 2.90. The molecule has 0 atom stereocenters. The number of hydrogen-bond donors (Lipinski definition) is 1. The first-order valence-corrected chi connectivity index (χ1v) is 10.2. The summed E-state index contributed by atoms with van der Waals surface area (Å²) in [6.45, 7) is 0.495. The Morgan fingerprint density at radius 2 is 1.97 bits per heavy atom. The summed E-state index contributed by atoms with van der Waals surface area (Å²) in [4.78, 5) is 29.5. The molecule has 0 aliphatic rings. The number of thioether (sulfide) groups is 1. The van der Waals surface area contributed by atoms with Gasteiger partial charge in [-0.05, 0) is 42.5 Å². The molecule has 29 heavy (non-hydrogen) atoms. The molecule has 148 valence electrons. The van der Waals surface area contributed by atoms with E-state index in [9.17, 15) is 9.59 Å². The Bertz CT molecular complexity index is 1190. The van der Waals surface area contributed by atoms with E-state index in [2.05, 4.69) is 15.5 Å². The van der Waals surface area contributed by atoms with Gasteiger partial charge >= 0.3 is 17.6 Å². The van der Waals surface area contributed by atoms with E-state index < -0.39 is 11.7 Å². The van der Waals surface area contributed by atoms with Gasteiger partial charge in [0.15, 0.2) is 11.4 Å². The molecule has 8 nitrogen and oxygen atoms in total. The molecule has 0 aliphatic carbocycles. The number of oxazole rings is 1. The van der Waals surface area contributed by atoms with E-state index in [1.54, 1.807) is 36.0 Å². The van der Waals surface area contributed by atoms with E-state index in [1.807, 2.05) is 30.5 Å². The number of nitrogens with one attached hydrogen (secondary N) is 1. The second kappa shape index (κ2) is 8.36. The van der Waals surface area contributed by atoms with Gasteiger partial charge in [-0.15, -0.1) is 11.8 Å². The molecule has 0 saturated heterocycles. The molecule has 0 aliphatic heterocycles. The van der Waals surface area contributed by atoms with Gasteiger partial charge in [0, 0.05) is 11.4 Å². The summed E-state index contributed by atoms with van der Waals surface area (Å²) in [6, 6.07) is 15.2. The lowest BCUT2D eigenvalue weighted by atomic mass is 10.1. The lowest BCUT2D eigenvalue weighted by Crippen LogP contribution is -2.26. The Morgan fingerprint density at radius 1 is 1.17 bits per heavy atom. The van der Waals surface area contributed by atoms with Crippen LogP contribution in [0.1, 0.15) is 22.1 Å². The molecule has 1 N–H and O–H groups in total. The molecule has 0 bridgehead atoms. The van der Waals surface area contributed by atoms with Crippen molar-refractivity contribution in [3.05, 3.63) is 76.4 Å². The van der Waals surface area contributed by atoms with Gasteiger partial charge in [0.1, 0.15) is 0 Å². The van der Waals surface area contributed by atoms with Crippen LogP contribution < -0.4 is 11.1 Å². The quantitative estimate of drug-likeness (QED) is 0.467. The molecular weight excluding hydrogens is 392 g/mol. The molecule has 2 aromatic carbocycles. The Kier molecular flexibility index (Phi) is 5.48. The van der Waals surface area contributed by atoms with Crippen LogP contribution in [0, 0.1) is 0 Å². The standard InChI is InChI=1S/C20H18N4O4S/c1-29-14-8-6-13(7-9-14)10-11-21-18(25)19-22-17(23-28-19)12-24-15-4-2-3-5-16(15)27-20(24)26/h2-9H,10-12H2,1H3,(H,21,25). The van der Waals surface area contributed by atoms with Crippen molar-refractivity contribution in [2.24, 2.45) is 0 Å². The third kappa shape index (κ3) is 4.24. The van der Waals surface area contributed by atoms with Crippen LogP contribution >= 0.6 is 11.8 Å². The zero-order valence-corrected chi connectivity index (χ0v) is 16.4. The number of nitrogens with zero attached hydrogens (tertiary/aromatic N) is 3. The first-order chi connectivity index (χ1) is 14.1. The smallest absolute Gasteiger partial charge is 0.408 e. The van der Waals surface area contributed by atoms with E-state index in [0.717, 1.165) is 5.56 Å². The Hall–Kier alpha value is -3.33. The minimum absolute atomic E-state index is 0.0500. The minimum atomic E-state index is -0.519. The molecule has 9 heteroatoms. The van der Waals surface area contributed by atoms with Crippen LogP contribution in [0.25, 0.3) is 11.1 Å². The van der Waals surface area contributed by atoms with Gasteiger partial charge in [0.05, 0.1) is 12.1 Å². The maximum atomic E-state index is 12.2. The van der Waals surface area contributed by atoms with Crippen molar-refractivity contribution < 1.29 is 13.7 Å². The van der Waals surface area contributed by atoms with Crippen molar-refractivity contribution in [1.82, 2.24) is 20.0 Å². The van der Waals surface area contributed by atoms with Gasteiger partial charge in [-0.2, -0.15) is 4.98 Å². The molecule has 0 saturated carbocycles. The van der Waals surface area contributed by atoms with Crippen molar-refractivity contribution in [3.8, 4) is 0 Å². The minimum Gasteiger partial charge on any atom is -0.408 e. The SMILES string of the molecule is CSc1ccc(CCNC(=O)c2nc(Cn3c(=O)oc4ccccc43)no2)cc1. The highest BCUT2D eigenvalue weighted by molar-refractivity contribution is 7.98. The average Bonchev–Trinajstić information content (AvgIpc) is 3.33. The van der Waals surface area contributed by atoms with Crippen molar-refractivity contribution in [3.63, 3.8) is 0 Å². The highest BCUT2D eigenvalue weighted by atomic mass is 32.2. The molecule has 4 rings (SSSR count). The lowest BCUT2D eigenvalue weighted by Gasteiger charge is -2.03. The van der Waals surface area contributed by atoms with Crippen LogP contribution in [0.3, 0.4) is 0 Å². The molecule has 0 spiro atoms. The molecule has 2 heterocycles. The fourth-order valence-corrected chi connectivity index (χ4v) is 3.31. The number of carbonyl (C=O) groups excluding carboxylic acids is 1. The number of fused-ring (bicyclic) bond motifs is 1. The van der Waals surface area contributed by atoms with Crippen molar-refractivity contribution in [1.29, 1.82) is 0 Å². The van der Waals surface area contributed by atoms with Crippen LogP contribution in [-0.4, -0.2) is 33.4 Å². The van der Waals surface area contributed by atoms with E-state index in [0.29, 0.717) is 24.1 Å². The molecule has 0 unspecified atom stereocenters. The van der Waals surface area contributed by atoms with Crippen molar-refractivity contribution >= 4 is 28.8 Å². The van der Waals surface area contributed by atoms with Gasteiger partial charge in [0.2, 0.25) is 0 Å². The first-order valence-electron chi connectivity index (χ1n) is 8.96. The highest BCUT2D eigenvalue weighted by Gasteiger charge is 2.17. The summed E-state index contributed by atoms with van der Waals surface area (Å²) in [6.07, 6.45) is 2.72. The Balaban J connectivity index is 1.37. The average molecular weight is 410 g/mol.